The smallest absolute Gasteiger partial charge is 0.0945 e. The van der Waals surface area contributed by atoms with Crippen LogP contribution in [0.1, 0.15) is 89.9 Å². The number of aliphatic hydroxyl groups excluding tert-OH is 1. The molecule has 1 aliphatic rings. The molecule has 1 aromatic heterocycles. The molecule has 1 heterocycles. The molecule has 1 fully saturated rings. The number of aromatic nitrogens is 2. The van der Waals surface area contributed by atoms with Crippen molar-refractivity contribution in [2.45, 2.75) is 103 Å². The lowest BCUT2D eigenvalue weighted by Crippen LogP contribution is -2.12. The fourth-order valence-electron chi connectivity index (χ4n) is 3.85. The molecule has 2 rings (SSSR count). The summed E-state index contributed by atoms with van der Waals surface area (Å²) >= 11 is 0. The van der Waals surface area contributed by atoms with Gasteiger partial charge in [-0.05, 0) is 31.6 Å². The first-order valence-corrected chi connectivity index (χ1v) is 9.98. The first-order chi connectivity index (χ1) is 11.3. The number of aliphatic hydroxyl groups is 1. The van der Waals surface area contributed by atoms with Crippen LogP contribution < -0.4 is 0 Å². The van der Waals surface area contributed by atoms with E-state index < -0.39 is 0 Å². The van der Waals surface area contributed by atoms with E-state index in [2.05, 4.69) is 9.55 Å². The van der Waals surface area contributed by atoms with Crippen LogP contribution in [0.15, 0.2) is 18.7 Å². The lowest BCUT2D eigenvalue weighted by molar-refractivity contribution is 0.137. The molecule has 1 atom stereocenters. The van der Waals surface area contributed by atoms with Crippen molar-refractivity contribution in [3.63, 3.8) is 0 Å². The molecule has 132 valence electrons. The molecule has 1 unspecified atom stereocenters. The highest BCUT2D eigenvalue weighted by Gasteiger charge is 2.14. The maximum Gasteiger partial charge on any atom is 0.0945 e. The molecule has 1 saturated carbocycles. The summed E-state index contributed by atoms with van der Waals surface area (Å²) in [7, 11) is 0. The van der Waals surface area contributed by atoms with Crippen molar-refractivity contribution in [1.29, 1.82) is 0 Å². The molecule has 3 nitrogen and oxygen atoms in total. The Morgan fingerprint density at radius 3 is 2.43 bits per heavy atom. The van der Waals surface area contributed by atoms with Crippen LogP contribution in [0.5, 0.6) is 0 Å². The second-order valence-electron chi connectivity index (χ2n) is 7.45. The summed E-state index contributed by atoms with van der Waals surface area (Å²) in [6.45, 7) is 1.10. The number of aryl methyl sites for hydroxylation is 1. The van der Waals surface area contributed by atoms with Gasteiger partial charge in [0.1, 0.15) is 0 Å². The van der Waals surface area contributed by atoms with Crippen LogP contribution in [-0.2, 0) is 6.54 Å². The van der Waals surface area contributed by atoms with Crippen molar-refractivity contribution < 1.29 is 5.11 Å². The third-order valence-corrected chi connectivity index (χ3v) is 5.40. The SMILES string of the molecule is OC(CCCCCCCCn1ccnc1)CCC1CCCCC1. The van der Waals surface area contributed by atoms with E-state index in [9.17, 15) is 5.11 Å². The zero-order chi connectivity index (χ0) is 16.2. The molecule has 1 aliphatic carbocycles. The van der Waals surface area contributed by atoms with E-state index in [4.69, 9.17) is 0 Å². The van der Waals surface area contributed by atoms with Gasteiger partial charge in [0.25, 0.3) is 0 Å². The number of unbranched alkanes of at least 4 members (excludes halogenated alkanes) is 5. The largest absolute Gasteiger partial charge is 0.393 e. The predicted molar refractivity (Wildman–Crippen MR) is 96.4 cm³/mol. The van der Waals surface area contributed by atoms with Gasteiger partial charge >= 0.3 is 0 Å². The standard InChI is InChI=1S/C20H36N2O/c23-20(14-13-19-10-6-5-7-11-19)12-8-3-1-2-4-9-16-22-17-15-21-18-22/h15,17-20,23H,1-14,16H2. The van der Waals surface area contributed by atoms with E-state index >= 15 is 0 Å². The first kappa shape index (κ1) is 18.5. The van der Waals surface area contributed by atoms with Crippen LogP contribution in [-0.4, -0.2) is 20.8 Å². The van der Waals surface area contributed by atoms with Crippen molar-refractivity contribution in [3.05, 3.63) is 18.7 Å². The molecule has 0 saturated heterocycles. The van der Waals surface area contributed by atoms with Gasteiger partial charge in [-0.25, -0.2) is 4.98 Å². The number of nitrogens with zero attached hydrogens (tertiary/aromatic N) is 2. The average Bonchev–Trinajstić information content (AvgIpc) is 3.10. The molecule has 0 bridgehead atoms. The highest BCUT2D eigenvalue weighted by atomic mass is 16.3. The summed E-state index contributed by atoms with van der Waals surface area (Å²) in [5, 5.41) is 10.1. The maximum atomic E-state index is 10.1. The van der Waals surface area contributed by atoms with Crippen LogP contribution in [0, 0.1) is 5.92 Å². The van der Waals surface area contributed by atoms with Gasteiger partial charge in [0.15, 0.2) is 0 Å². The normalized spacial score (nSPS) is 17.4. The van der Waals surface area contributed by atoms with Gasteiger partial charge in [-0.3, -0.25) is 0 Å². The predicted octanol–water partition coefficient (Wildman–Crippen LogP) is 5.34. The summed E-state index contributed by atoms with van der Waals surface area (Å²) in [6.07, 6.45) is 23.8. The Balaban J connectivity index is 1.35. The summed E-state index contributed by atoms with van der Waals surface area (Å²) in [6, 6.07) is 0. The number of rotatable bonds is 12. The Kier molecular flexibility index (Phi) is 9.39. The Morgan fingerprint density at radius 1 is 0.957 bits per heavy atom. The molecule has 0 amide bonds. The minimum absolute atomic E-state index is 0.0434. The Morgan fingerprint density at radius 2 is 1.70 bits per heavy atom. The second kappa shape index (κ2) is 11.7. The van der Waals surface area contributed by atoms with Crippen LogP contribution in [0.3, 0.4) is 0 Å². The average molecular weight is 321 g/mol. The van der Waals surface area contributed by atoms with Crippen molar-refractivity contribution in [3.8, 4) is 0 Å². The number of hydrogen-bond donors (Lipinski definition) is 1. The van der Waals surface area contributed by atoms with Gasteiger partial charge in [0.2, 0.25) is 0 Å². The van der Waals surface area contributed by atoms with Gasteiger partial charge < -0.3 is 9.67 Å². The summed E-state index contributed by atoms with van der Waals surface area (Å²) < 4.78 is 2.16. The topological polar surface area (TPSA) is 38.0 Å². The fraction of sp³-hybridized carbons (Fsp3) is 0.850. The third kappa shape index (κ3) is 8.55. The quantitative estimate of drug-likeness (QED) is 0.528. The van der Waals surface area contributed by atoms with Crippen molar-refractivity contribution in [1.82, 2.24) is 9.55 Å². The third-order valence-electron chi connectivity index (χ3n) is 5.40. The molecular formula is C20H36N2O. The Bertz CT molecular complexity index is 371. The van der Waals surface area contributed by atoms with Crippen molar-refractivity contribution in [2.24, 2.45) is 5.92 Å². The summed E-state index contributed by atoms with van der Waals surface area (Å²) in [5.74, 6) is 0.911. The molecule has 23 heavy (non-hydrogen) atoms. The minimum atomic E-state index is -0.0434. The Labute approximate surface area is 142 Å². The van der Waals surface area contributed by atoms with Crippen LogP contribution in [0.4, 0.5) is 0 Å². The summed E-state index contributed by atoms with van der Waals surface area (Å²) in [5.41, 5.74) is 0. The van der Waals surface area contributed by atoms with E-state index in [0.717, 1.165) is 25.3 Å². The van der Waals surface area contributed by atoms with Gasteiger partial charge in [0.05, 0.1) is 12.4 Å². The molecule has 3 heteroatoms. The van der Waals surface area contributed by atoms with E-state index in [-0.39, 0.29) is 6.10 Å². The van der Waals surface area contributed by atoms with Gasteiger partial charge in [-0.15, -0.1) is 0 Å². The zero-order valence-electron chi connectivity index (χ0n) is 14.8. The monoisotopic (exact) mass is 320 g/mol. The van der Waals surface area contributed by atoms with Crippen molar-refractivity contribution in [2.75, 3.05) is 0 Å². The first-order valence-electron chi connectivity index (χ1n) is 9.98. The zero-order valence-corrected chi connectivity index (χ0v) is 14.8. The Hall–Kier alpha value is -0.830. The molecule has 1 N–H and O–H groups in total. The van der Waals surface area contributed by atoms with E-state index in [0.29, 0.717) is 0 Å². The minimum Gasteiger partial charge on any atom is -0.393 e. The van der Waals surface area contributed by atoms with E-state index in [1.807, 2.05) is 18.7 Å². The highest BCUT2D eigenvalue weighted by Crippen LogP contribution is 2.28. The van der Waals surface area contributed by atoms with E-state index in [1.165, 1.54) is 77.0 Å². The van der Waals surface area contributed by atoms with Crippen LogP contribution in [0.25, 0.3) is 0 Å². The fourth-order valence-corrected chi connectivity index (χ4v) is 3.85. The van der Waals surface area contributed by atoms with Gasteiger partial charge in [-0.2, -0.15) is 0 Å². The lowest BCUT2D eigenvalue weighted by atomic mass is 9.85. The van der Waals surface area contributed by atoms with Crippen LogP contribution in [0.2, 0.25) is 0 Å². The second-order valence-corrected chi connectivity index (χ2v) is 7.45. The molecule has 0 aliphatic heterocycles. The van der Waals surface area contributed by atoms with Gasteiger partial charge in [-0.1, -0.05) is 64.2 Å². The molecular weight excluding hydrogens is 284 g/mol. The maximum absolute atomic E-state index is 10.1. The highest BCUT2D eigenvalue weighted by molar-refractivity contribution is 4.73. The van der Waals surface area contributed by atoms with Crippen molar-refractivity contribution >= 4 is 0 Å². The molecule has 1 aromatic rings. The molecule has 0 spiro atoms. The molecule has 0 aromatic carbocycles. The number of imidazole rings is 1. The van der Waals surface area contributed by atoms with E-state index in [1.54, 1.807) is 0 Å². The lowest BCUT2D eigenvalue weighted by Gasteiger charge is -2.22. The number of hydrogen-bond acceptors (Lipinski definition) is 2. The van der Waals surface area contributed by atoms with Gasteiger partial charge in [0, 0.05) is 18.9 Å². The molecule has 0 radical (unpaired) electrons. The summed E-state index contributed by atoms with van der Waals surface area (Å²) in [4.78, 5) is 4.06. The van der Waals surface area contributed by atoms with Crippen LogP contribution >= 0.6 is 0 Å².